The van der Waals surface area contributed by atoms with Gasteiger partial charge in [-0.15, -0.1) is 13.2 Å². The van der Waals surface area contributed by atoms with Crippen LogP contribution in [0.15, 0.2) is 53.4 Å². The second-order valence-corrected chi connectivity index (χ2v) is 7.22. The van der Waals surface area contributed by atoms with Crippen molar-refractivity contribution >= 4 is 21.6 Å². The Bertz CT molecular complexity index is 914. The molecule has 0 unspecified atom stereocenters. The van der Waals surface area contributed by atoms with Crippen LogP contribution in [0.2, 0.25) is 0 Å². The third kappa shape index (κ3) is 6.57. The lowest BCUT2D eigenvalue weighted by molar-refractivity contribution is -0.274. The molecule has 2 N–H and O–H groups in total. The predicted molar refractivity (Wildman–Crippen MR) is 92.8 cm³/mol. The van der Waals surface area contributed by atoms with Crippen LogP contribution in [0.1, 0.15) is 12.5 Å². The molecule has 0 saturated heterocycles. The number of halogens is 3. The van der Waals surface area contributed by atoms with Crippen LogP contribution < -0.4 is 14.8 Å². The van der Waals surface area contributed by atoms with Crippen molar-refractivity contribution in [1.82, 2.24) is 4.72 Å². The topological polar surface area (TPSA) is 84.5 Å². The number of rotatable bonds is 7. The molecule has 0 aromatic heterocycles. The van der Waals surface area contributed by atoms with E-state index in [1.807, 2.05) is 17.7 Å². The van der Waals surface area contributed by atoms with Crippen molar-refractivity contribution in [3.8, 4) is 5.75 Å². The number of benzene rings is 2. The van der Waals surface area contributed by atoms with Crippen molar-refractivity contribution in [2.75, 3.05) is 11.9 Å². The Kier molecular flexibility index (Phi) is 6.45. The average Bonchev–Trinajstić information content (AvgIpc) is 2.59. The van der Waals surface area contributed by atoms with Gasteiger partial charge in [-0.1, -0.05) is 25.1 Å². The van der Waals surface area contributed by atoms with E-state index in [4.69, 9.17) is 0 Å². The lowest BCUT2D eigenvalue weighted by atomic mass is 10.1. The van der Waals surface area contributed by atoms with Crippen LogP contribution in [-0.2, 0) is 21.2 Å². The first-order valence-corrected chi connectivity index (χ1v) is 9.31. The summed E-state index contributed by atoms with van der Waals surface area (Å²) in [4.78, 5) is 11.5. The molecule has 0 radical (unpaired) electrons. The fraction of sp³-hybridized carbons (Fsp3) is 0.235. The highest BCUT2D eigenvalue weighted by molar-refractivity contribution is 7.89. The molecule has 1 amide bonds. The molecule has 6 nitrogen and oxygen atoms in total. The Morgan fingerprint density at radius 3 is 2.48 bits per heavy atom. The van der Waals surface area contributed by atoms with Gasteiger partial charge in [0, 0.05) is 11.8 Å². The van der Waals surface area contributed by atoms with Crippen LogP contribution in [0.5, 0.6) is 5.75 Å². The molecule has 0 aliphatic carbocycles. The maximum absolute atomic E-state index is 12.2. The molecule has 0 spiro atoms. The number of aryl methyl sites for hydroxylation is 1. The molecule has 0 atom stereocenters. The molecule has 2 aromatic rings. The maximum atomic E-state index is 12.2. The van der Waals surface area contributed by atoms with Crippen LogP contribution in [0.25, 0.3) is 0 Å². The first-order valence-electron chi connectivity index (χ1n) is 7.83. The van der Waals surface area contributed by atoms with Gasteiger partial charge < -0.3 is 10.1 Å². The smallest absolute Gasteiger partial charge is 0.406 e. The van der Waals surface area contributed by atoms with Gasteiger partial charge in [0.05, 0.1) is 11.4 Å². The molecule has 146 valence electrons. The normalized spacial score (nSPS) is 11.9. The van der Waals surface area contributed by atoms with Gasteiger partial charge in [0.2, 0.25) is 15.9 Å². The first-order chi connectivity index (χ1) is 12.6. The second-order valence-electron chi connectivity index (χ2n) is 5.45. The van der Waals surface area contributed by atoms with Crippen molar-refractivity contribution in [3.63, 3.8) is 0 Å². The van der Waals surface area contributed by atoms with Crippen LogP contribution in [0, 0.1) is 0 Å². The first kappa shape index (κ1) is 20.7. The lowest BCUT2D eigenvalue weighted by Crippen LogP contribution is -2.33. The summed E-state index contributed by atoms with van der Waals surface area (Å²) in [6.07, 6.45) is -4.17. The molecule has 2 aromatic carbocycles. The van der Waals surface area contributed by atoms with Gasteiger partial charge in [0.15, 0.2) is 0 Å². The second kappa shape index (κ2) is 8.40. The van der Waals surface area contributed by atoms with Gasteiger partial charge in [-0.3, -0.25) is 4.79 Å². The Balaban J connectivity index is 2.01. The third-order valence-corrected chi connectivity index (χ3v) is 4.79. The van der Waals surface area contributed by atoms with Crippen LogP contribution >= 0.6 is 0 Å². The third-order valence-electron chi connectivity index (χ3n) is 3.39. The Morgan fingerprint density at radius 1 is 1.11 bits per heavy atom. The summed E-state index contributed by atoms with van der Waals surface area (Å²) < 4.78 is 66.8. The number of carbonyl (C=O) groups is 1. The van der Waals surface area contributed by atoms with Crippen molar-refractivity contribution < 1.29 is 31.1 Å². The summed E-state index contributed by atoms with van der Waals surface area (Å²) in [6, 6.07) is 10.9. The number of hydrogen-bond donors (Lipinski definition) is 2. The largest absolute Gasteiger partial charge is 0.573 e. The van der Waals surface area contributed by atoms with E-state index in [1.54, 1.807) is 18.2 Å². The minimum absolute atomic E-state index is 0.454. The number of sulfonamides is 1. The minimum atomic E-state index is -4.94. The van der Waals surface area contributed by atoms with Crippen molar-refractivity contribution in [2.24, 2.45) is 0 Å². The molecule has 2 rings (SSSR count). The monoisotopic (exact) mass is 402 g/mol. The van der Waals surface area contributed by atoms with Crippen LogP contribution in [-0.4, -0.2) is 27.2 Å². The van der Waals surface area contributed by atoms with Crippen molar-refractivity contribution in [1.29, 1.82) is 0 Å². The van der Waals surface area contributed by atoms with E-state index in [0.29, 0.717) is 5.69 Å². The molecule has 0 fully saturated rings. The van der Waals surface area contributed by atoms with E-state index in [0.717, 1.165) is 36.2 Å². The van der Waals surface area contributed by atoms with Gasteiger partial charge in [-0.2, -0.15) is 0 Å². The maximum Gasteiger partial charge on any atom is 0.573 e. The zero-order chi connectivity index (χ0) is 20.1. The fourth-order valence-electron chi connectivity index (χ4n) is 2.16. The molecule has 0 saturated carbocycles. The van der Waals surface area contributed by atoms with Crippen molar-refractivity contribution in [3.05, 3.63) is 54.1 Å². The number of nitrogens with one attached hydrogen (secondary N) is 2. The summed E-state index contributed by atoms with van der Waals surface area (Å²) in [7, 11) is -4.20. The molecular weight excluding hydrogens is 385 g/mol. The molecule has 27 heavy (non-hydrogen) atoms. The number of hydrogen-bond acceptors (Lipinski definition) is 4. The summed E-state index contributed by atoms with van der Waals surface area (Å²) in [5.41, 5.74) is 1.51. The van der Waals surface area contributed by atoms with E-state index in [-0.39, 0.29) is 0 Å². The molecular formula is C17H17F3N2O4S. The standard InChI is InChI=1S/C17H17F3N2O4S/c1-2-12-5-3-6-13(9-12)22-16(23)11-21-27(24,25)15-8-4-7-14(10-15)26-17(18,19)20/h3-10,21H,2,11H2,1H3,(H,22,23). The lowest BCUT2D eigenvalue weighted by Gasteiger charge is -2.11. The zero-order valence-electron chi connectivity index (χ0n) is 14.2. The van der Waals surface area contributed by atoms with Gasteiger partial charge in [-0.25, -0.2) is 13.1 Å². The Labute approximate surface area is 154 Å². The number of carbonyl (C=O) groups excluding carboxylic acids is 1. The highest BCUT2D eigenvalue weighted by Gasteiger charge is 2.31. The highest BCUT2D eigenvalue weighted by atomic mass is 32.2. The van der Waals surface area contributed by atoms with Gasteiger partial charge >= 0.3 is 6.36 Å². The zero-order valence-corrected chi connectivity index (χ0v) is 15.0. The van der Waals surface area contributed by atoms with E-state index >= 15 is 0 Å². The van der Waals surface area contributed by atoms with E-state index in [9.17, 15) is 26.4 Å². The van der Waals surface area contributed by atoms with E-state index in [2.05, 4.69) is 10.1 Å². The van der Waals surface area contributed by atoms with Crippen LogP contribution in [0.3, 0.4) is 0 Å². The molecule has 0 aliphatic heterocycles. The number of amides is 1. The predicted octanol–water partition coefficient (Wildman–Crippen LogP) is 3.06. The summed E-state index contributed by atoms with van der Waals surface area (Å²) in [6.45, 7) is 1.37. The minimum Gasteiger partial charge on any atom is -0.406 e. The van der Waals surface area contributed by atoms with E-state index < -0.39 is 39.5 Å². The van der Waals surface area contributed by atoms with Gasteiger partial charge in [0.25, 0.3) is 0 Å². The number of ether oxygens (including phenoxy) is 1. The molecule has 0 heterocycles. The number of alkyl halides is 3. The Morgan fingerprint density at radius 2 is 1.81 bits per heavy atom. The number of anilines is 1. The SMILES string of the molecule is CCc1cccc(NC(=O)CNS(=O)(=O)c2cccc(OC(F)(F)F)c2)c1. The van der Waals surface area contributed by atoms with Crippen LogP contribution in [0.4, 0.5) is 18.9 Å². The molecule has 0 aliphatic rings. The van der Waals surface area contributed by atoms with Crippen molar-refractivity contribution in [2.45, 2.75) is 24.6 Å². The van der Waals surface area contributed by atoms with E-state index in [1.165, 1.54) is 0 Å². The quantitative estimate of drug-likeness (QED) is 0.746. The summed E-state index contributed by atoms with van der Waals surface area (Å²) >= 11 is 0. The summed E-state index contributed by atoms with van der Waals surface area (Å²) in [5, 5.41) is 2.54. The Hall–Kier alpha value is -2.59. The van der Waals surface area contributed by atoms with Gasteiger partial charge in [0.1, 0.15) is 5.75 Å². The average molecular weight is 402 g/mol. The fourth-order valence-corrected chi connectivity index (χ4v) is 3.17. The van der Waals surface area contributed by atoms with Gasteiger partial charge in [-0.05, 0) is 36.2 Å². The molecule has 0 bridgehead atoms. The summed E-state index contributed by atoms with van der Waals surface area (Å²) in [5.74, 6) is -1.29. The molecule has 10 heteroatoms. The highest BCUT2D eigenvalue weighted by Crippen LogP contribution is 2.24.